The second-order valence-corrected chi connectivity index (χ2v) is 7.72. The van der Waals surface area contributed by atoms with Crippen molar-refractivity contribution in [3.05, 3.63) is 54.2 Å². The number of pyridine rings is 1. The summed E-state index contributed by atoms with van der Waals surface area (Å²) in [6.45, 7) is 2.80. The number of nitrogens with zero attached hydrogens (tertiary/aromatic N) is 3. The summed E-state index contributed by atoms with van der Waals surface area (Å²) in [5, 5.41) is 3.66. The molecule has 0 spiro atoms. The van der Waals surface area contributed by atoms with E-state index in [1.807, 2.05) is 59.3 Å². The van der Waals surface area contributed by atoms with Crippen LogP contribution in [-0.2, 0) is 0 Å². The maximum absolute atomic E-state index is 12.8. The zero-order chi connectivity index (χ0) is 18.6. The lowest BCUT2D eigenvalue weighted by molar-refractivity contribution is 0.0704. The fourth-order valence-corrected chi connectivity index (χ4v) is 3.62. The van der Waals surface area contributed by atoms with E-state index in [2.05, 4.69) is 10.3 Å². The number of para-hydroxylation sites is 1. The minimum absolute atomic E-state index is 0.0945. The molecule has 0 atom stereocenters. The number of nitrogens with one attached hydrogen (secondary N) is 1. The first-order chi connectivity index (χ1) is 13.2. The number of piperidine rings is 1. The van der Waals surface area contributed by atoms with Gasteiger partial charge in [-0.1, -0.05) is 18.2 Å². The molecule has 0 radical (unpaired) electrons. The van der Waals surface area contributed by atoms with Crippen LogP contribution in [0, 0.1) is 5.92 Å². The van der Waals surface area contributed by atoms with Crippen molar-refractivity contribution in [3.8, 4) is 0 Å². The number of amides is 1. The standard InChI is InChI=1S/C22H28N4O/c1-25(20-5-3-2-4-6-20)21-10-9-18(16-24-21)22(27)26-13-11-19(12-14-26)23-15-17-7-8-17/h2-6,9-10,16-17,19,23H,7-8,11-15H2,1H3. The molecule has 1 saturated heterocycles. The van der Waals surface area contributed by atoms with Crippen molar-refractivity contribution in [1.82, 2.24) is 15.2 Å². The van der Waals surface area contributed by atoms with Gasteiger partial charge < -0.3 is 15.1 Å². The van der Waals surface area contributed by atoms with E-state index >= 15 is 0 Å². The molecule has 1 aliphatic carbocycles. The summed E-state index contributed by atoms with van der Waals surface area (Å²) < 4.78 is 0. The van der Waals surface area contributed by atoms with Crippen molar-refractivity contribution >= 4 is 17.4 Å². The van der Waals surface area contributed by atoms with E-state index < -0.39 is 0 Å². The van der Waals surface area contributed by atoms with Crippen LogP contribution in [0.1, 0.15) is 36.0 Å². The molecule has 2 aromatic rings. The van der Waals surface area contributed by atoms with Crippen LogP contribution in [0.4, 0.5) is 11.5 Å². The Bertz CT molecular complexity index is 750. The number of hydrogen-bond donors (Lipinski definition) is 1. The van der Waals surface area contributed by atoms with E-state index in [-0.39, 0.29) is 5.91 Å². The van der Waals surface area contributed by atoms with Gasteiger partial charge in [0.2, 0.25) is 0 Å². The van der Waals surface area contributed by atoms with Crippen molar-refractivity contribution in [2.24, 2.45) is 5.92 Å². The summed E-state index contributed by atoms with van der Waals surface area (Å²) in [5.41, 5.74) is 1.74. The monoisotopic (exact) mass is 364 g/mol. The van der Waals surface area contributed by atoms with Crippen LogP contribution in [0.25, 0.3) is 0 Å². The van der Waals surface area contributed by atoms with Gasteiger partial charge in [0, 0.05) is 38.1 Å². The number of likely N-dealkylation sites (tertiary alicyclic amines) is 1. The van der Waals surface area contributed by atoms with Crippen molar-refractivity contribution in [3.63, 3.8) is 0 Å². The number of rotatable bonds is 6. The lowest BCUT2D eigenvalue weighted by atomic mass is 10.0. The number of hydrogen-bond acceptors (Lipinski definition) is 4. The van der Waals surface area contributed by atoms with Crippen LogP contribution in [0.5, 0.6) is 0 Å². The summed E-state index contributed by atoms with van der Waals surface area (Å²) in [7, 11) is 1.98. The van der Waals surface area contributed by atoms with Gasteiger partial charge in [-0.2, -0.15) is 0 Å². The van der Waals surface area contributed by atoms with Gasteiger partial charge in [0.15, 0.2) is 0 Å². The van der Waals surface area contributed by atoms with E-state index in [4.69, 9.17) is 0 Å². The van der Waals surface area contributed by atoms with Gasteiger partial charge in [-0.05, 0) is 62.4 Å². The maximum atomic E-state index is 12.8. The fourth-order valence-electron chi connectivity index (χ4n) is 3.62. The number of benzene rings is 1. The second-order valence-electron chi connectivity index (χ2n) is 7.72. The Balaban J connectivity index is 1.32. The van der Waals surface area contributed by atoms with Crippen molar-refractivity contribution in [2.75, 3.05) is 31.6 Å². The zero-order valence-corrected chi connectivity index (χ0v) is 16.0. The molecule has 1 amide bonds. The molecule has 5 heteroatoms. The minimum Gasteiger partial charge on any atom is -0.338 e. The minimum atomic E-state index is 0.0945. The predicted molar refractivity (Wildman–Crippen MR) is 108 cm³/mol. The van der Waals surface area contributed by atoms with E-state index in [0.717, 1.165) is 49.9 Å². The van der Waals surface area contributed by atoms with E-state index in [0.29, 0.717) is 11.6 Å². The molecule has 4 rings (SSSR count). The van der Waals surface area contributed by atoms with Gasteiger partial charge in [-0.15, -0.1) is 0 Å². The molecule has 2 fully saturated rings. The van der Waals surface area contributed by atoms with Gasteiger partial charge in [0.1, 0.15) is 5.82 Å². The molecule has 1 aliphatic heterocycles. The van der Waals surface area contributed by atoms with E-state index in [1.54, 1.807) is 6.20 Å². The second kappa shape index (κ2) is 8.09. The van der Waals surface area contributed by atoms with Crippen LogP contribution in [-0.4, -0.2) is 48.5 Å². The van der Waals surface area contributed by atoms with Crippen LogP contribution in [0.2, 0.25) is 0 Å². The molecule has 2 aliphatic rings. The van der Waals surface area contributed by atoms with Gasteiger partial charge >= 0.3 is 0 Å². The normalized spacial score (nSPS) is 17.7. The van der Waals surface area contributed by atoms with Crippen LogP contribution >= 0.6 is 0 Å². The molecule has 1 aromatic heterocycles. The lowest BCUT2D eigenvalue weighted by Crippen LogP contribution is -2.45. The number of carbonyl (C=O) groups is 1. The molecule has 1 aromatic carbocycles. The van der Waals surface area contributed by atoms with Gasteiger partial charge in [0.25, 0.3) is 5.91 Å². The van der Waals surface area contributed by atoms with E-state index in [9.17, 15) is 4.79 Å². The largest absolute Gasteiger partial charge is 0.338 e. The smallest absolute Gasteiger partial charge is 0.255 e. The Hall–Kier alpha value is -2.40. The summed E-state index contributed by atoms with van der Waals surface area (Å²) in [5.74, 6) is 1.83. The Morgan fingerprint density at radius 2 is 1.85 bits per heavy atom. The highest BCUT2D eigenvalue weighted by molar-refractivity contribution is 5.94. The highest BCUT2D eigenvalue weighted by Gasteiger charge is 2.26. The summed E-state index contributed by atoms with van der Waals surface area (Å²) >= 11 is 0. The molecule has 1 N–H and O–H groups in total. The fraction of sp³-hybridized carbons (Fsp3) is 0.455. The molecule has 142 valence electrons. The SMILES string of the molecule is CN(c1ccccc1)c1ccc(C(=O)N2CCC(NCC3CC3)CC2)cn1. The third-order valence-corrected chi connectivity index (χ3v) is 5.66. The first-order valence-electron chi connectivity index (χ1n) is 9.98. The Morgan fingerprint density at radius 3 is 2.48 bits per heavy atom. The van der Waals surface area contributed by atoms with Crippen LogP contribution < -0.4 is 10.2 Å². The summed E-state index contributed by atoms with van der Waals surface area (Å²) in [6.07, 6.45) is 6.55. The third kappa shape index (κ3) is 4.48. The van der Waals surface area contributed by atoms with Gasteiger partial charge in [-0.3, -0.25) is 4.79 Å². The highest BCUT2D eigenvalue weighted by Crippen LogP contribution is 2.28. The van der Waals surface area contributed by atoms with Crippen molar-refractivity contribution < 1.29 is 4.79 Å². The molecule has 0 bridgehead atoms. The van der Waals surface area contributed by atoms with Crippen molar-refractivity contribution in [1.29, 1.82) is 0 Å². The Labute approximate surface area is 161 Å². The first-order valence-corrected chi connectivity index (χ1v) is 9.98. The molecular formula is C22H28N4O. The first kappa shape index (κ1) is 18.0. The van der Waals surface area contributed by atoms with Gasteiger partial charge in [0.05, 0.1) is 5.56 Å². The Kier molecular flexibility index (Phi) is 5.39. The quantitative estimate of drug-likeness (QED) is 0.853. The molecule has 1 saturated carbocycles. The summed E-state index contributed by atoms with van der Waals surface area (Å²) in [4.78, 5) is 21.3. The topological polar surface area (TPSA) is 48.5 Å². The Morgan fingerprint density at radius 1 is 1.11 bits per heavy atom. The zero-order valence-electron chi connectivity index (χ0n) is 16.0. The molecule has 27 heavy (non-hydrogen) atoms. The van der Waals surface area contributed by atoms with Crippen LogP contribution in [0.15, 0.2) is 48.7 Å². The molecule has 2 heterocycles. The molecular weight excluding hydrogens is 336 g/mol. The molecule has 0 unspecified atom stereocenters. The van der Waals surface area contributed by atoms with E-state index in [1.165, 1.54) is 12.8 Å². The highest BCUT2D eigenvalue weighted by atomic mass is 16.2. The average molecular weight is 364 g/mol. The molecule has 5 nitrogen and oxygen atoms in total. The number of aromatic nitrogens is 1. The van der Waals surface area contributed by atoms with Gasteiger partial charge in [-0.25, -0.2) is 4.98 Å². The van der Waals surface area contributed by atoms with Crippen molar-refractivity contribution in [2.45, 2.75) is 31.7 Å². The summed E-state index contributed by atoms with van der Waals surface area (Å²) in [6, 6.07) is 14.5. The number of carbonyl (C=O) groups excluding carboxylic acids is 1. The predicted octanol–water partition coefficient (Wildman–Crippen LogP) is 3.45. The number of anilines is 2. The van der Waals surface area contributed by atoms with Crippen LogP contribution in [0.3, 0.4) is 0 Å². The lowest BCUT2D eigenvalue weighted by Gasteiger charge is -2.32. The maximum Gasteiger partial charge on any atom is 0.255 e. The average Bonchev–Trinajstić information content (AvgIpc) is 3.57. The third-order valence-electron chi connectivity index (χ3n) is 5.66.